The average molecular weight is 264 g/mol. The van der Waals surface area contributed by atoms with Crippen LogP contribution in [0, 0.1) is 6.92 Å². The van der Waals surface area contributed by atoms with Crippen molar-refractivity contribution in [2.24, 2.45) is 0 Å². The Balaban J connectivity index is 2.12. The Bertz CT molecular complexity index is 409. The van der Waals surface area contributed by atoms with Crippen molar-refractivity contribution < 1.29 is 9.84 Å². The summed E-state index contributed by atoms with van der Waals surface area (Å²) >= 11 is 0. The summed E-state index contributed by atoms with van der Waals surface area (Å²) in [5.41, 5.74) is 1.90. The van der Waals surface area contributed by atoms with Crippen LogP contribution in [0.5, 0.6) is 5.75 Å². The van der Waals surface area contributed by atoms with Crippen LogP contribution in [-0.4, -0.2) is 29.3 Å². The fourth-order valence-corrected chi connectivity index (χ4v) is 2.55. The number of aliphatic hydroxyl groups excluding tert-OH is 1. The molecule has 0 bridgehead atoms. The molecule has 0 radical (unpaired) electrons. The van der Waals surface area contributed by atoms with E-state index in [0.29, 0.717) is 6.54 Å². The maximum absolute atomic E-state index is 10.1. The third-order valence-electron chi connectivity index (χ3n) is 3.61. The normalized spacial score (nSPS) is 23.9. The van der Waals surface area contributed by atoms with E-state index in [9.17, 15) is 5.11 Å². The zero-order valence-electron chi connectivity index (χ0n) is 11.9. The van der Waals surface area contributed by atoms with Gasteiger partial charge in [0.05, 0.1) is 11.8 Å². The lowest BCUT2D eigenvalue weighted by atomic mass is 10.1. The number of aryl methyl sites for hydroxylation is 1. The fraction of sp³-hybridized carbons (Fsp3) is 0.667. The van der Waals surface area contributed by atoms with Crippen LogP contribution < -0.4 is 10.1 Å². The molecule has 1 heterocycles. The molecule has 19 heavy (non-hydrogen) atoms. The standard InChI is InChI=1S/C15H24N2O2/c1-11-8-9-14(12(17-11)10-16-2)19-15-7-5-3-4-6-13(15)18/h8-9,13,15-16,18H,3-7,10H2,1-2H3. The van der Waals surface area contributed by atoms with Crippen LogP contribution in [0.1, 0.15) is 43.5 Å². The van der Waals surface area contributed by atoms with E-state index >= 15 is 0 Å². The Labute approximate surface area is 115 Å². The van der Waals surface area contributed by atoms with Gasteiger partial charge in [-0.15, -0.1) is 0 Å². The predicted octanol–water partition coefficient (Wildman–Crippen LogP) is 2.18. The lowest BCUT2D eigenvalue weighted by Crippen LogP contribution is -2.31. The van der Waals surface area contributed by atoms with Crippen molar-refractivity contribution in [3.63, 3.8) is 0 Å². The molecule has 2 atom stereocenters. The van der Waals surface area contributed by atoms with Gasteiger partial charge in [-0.05, 0) is 45.4 Å². The first-order valence-corrected chi connectivity index (χ1v) is 7.16. The van der Waals surface area contributed by atoms with Gasteiger partial charge in [0.2, 0.25) is 0 Å². The van der Waals surface area contributed by atoms with Crippen molar-refractivity contribution in [1.29, 1.82) is 0 Å². The molecule has 4 nitrogen and oxygen atoms in total. The molecule has 2 N–H and O–H groups in total. The Morgan fingerprint density at radius 2 is 2.11 bits per heavy atom. The molecule has 0 aliphatic heterocycles. The first-order valence-electron chi connectivity index (χ1n) is 7.16. The smallest absolute Gasteiger partial charge is 0.142 e. The zero-order valence-corrected chi connectivity index (χ0v) is 11.9. The Hall–Kier alpha value is -1.13. The van der Waals surface area contributed by atoms with E-state index in [1.54, 1.807) is 0 Å². The number of nitrogens with one attached hydrogen (secondary N) is 1. The lowest BCUT2D eigenvalue weighted by molar-refractivity contribution is 0.0311. The second-order valence-electron chi connectivity index (χ2n) is 5.29. The molecule has 2 rings (SSSR count). The van der Waals surface area contributed by atoms with E-state index in [1.165, 1.54) is 6.42 Å². The quantitative estimate of drug-likeness (QED) is 0.818. The van der Waals surface area contributed by atoms with Crippen LogP contribution in [0.25, 0.3) is 0 Å². The Morgan fingerprint density at radius 3 is 2.89 bits per heavy atom. The summed E-state index contributed by atoms with van der Waals surface area (Å²) < 4.78 is 6.03. The first-order chi connectivity index (χ1) is 9.20. The van der Waals surface area contributed by atoms with Crippen molar-refractivity contribution >= 4 is 0 Å². The van der Waals surface area contributed by atoms with Crippen LogP contribution in [0.3, 0.4) is 0 Å². The van der Waals surface area contributed by atoms with Gasteiger partial charge in [-0.1, -0.05) is 12.8 Å². The molecule has 1 aliphatic rings. The minimum Gasteiger partial charge on any atom is -0.486 e. The van der Waals surface area contributed by atoms with Gasteiger partial charge in [0, 0.05) is 12.2 Å². The van der Waals surface area contributed by atoms with Crippen LogP contribution in [-0.2, 0) is 6.54 Å². The number of rotatable bonds is 4. The van der Waals surface area contributed by atoms with Gasteiger partial charge < -0.3 is 15.2 Å². The van der Waals surface area contributed by atoms with E-state index in [0.717, 1.165) is 42.8 Å². The molecule has 1 fully saturated rings. The average Bonchev–Trinajstić information content (AvgIpc) is 2.58. The predicted molar refractivity (Wildman–Crippen MR) is 75.2 cm³/mol. The molecule has 0 amide bonds. The van der Waals surface area contributed by atoms with Crippen LogP contribution >= 0.6 is 0 Å². The number of hydrogen-bond donors (Lipinski definition) is 2. The molecule has 0 saturated heterocycles. The molecule has 106 valence electrons. The summed E-state index contributed by atoms with van der Waals surface area (Å²) in [6.45, 7) is 2.66. The van der Waals surface area contributed by atoms with Gasteiger partial charge in [0.25, 0.3) is 0 Å². The summed E-state index contributed by atoms with van der Waals surface area (Å²) in [6.07, 6.45) is 4.72. The fourth-order valence-electron chi connectivity index (χ4n) is 2.55. The van der Waals surface area contributed by atoms with Crippen molar-refractivity contribution in [3.05, 3.63) is 23.5 Å². The SMILES string of the molecule is CNCc1nc(C)ccc1OC1CCCCCC1O. The third kappa shape index (κ3) is 3.91. The van der Waals surface area contributed by atoms with Crippen molar-refractivity contribution in [2.75, 3.05) is 7.05 Å². The molecular weight excluding hydrogens is 240 g/mol. The first kappa shape index (κ1) is 14.3. The molecular formula is C15H24N2O2. The van der Waals surface area contributed by atoms with Crippen molar-refractivity contribution in [2.45, 2.75) is 57.8 Å². The van der Waals surface area contributed by atoms with Gasteiger partial charge in [-0.3, -0.25) is 4.98 Å². The number of ether oxygens (including phenoxy) is 1. The van der Waals surface area contributed by atoms with E-state index in [4.69, 9.17) is 4.74 Å². The number of nitrogens with zero attached hydrogens (tertiary/aromatic N) is 1. The van der Waals surface area contributed by atoms with Gasteiger partial charge in [0.15, 0.2) is 0 Å². The maximum atomic E-state index is 10.1. The molecule has 1 aromatic rings. The molecule has 1 saturated carbocycles. The van der Waals surface area contributed by atoms with Gasteiger partial charge >= 0.3 is 0 Å². The number of aliphatic hydroxyl groups is 1. The molecule has 4 heteroatoms. The number of aromatic nitrogens is 1. The minimum atomic E-state index is -0.355. The summed E-state index contributed by atoms with van der Waals surface area (Å²) in [5, 5.41) is 13.2. The van der Waals surface area contributed by atoms with Crippen LogP contribution in [0.15, 0.2) is 12.1 Å². The molecule has 2 unspecified atom stereocenters. The highest BCUT2D eigenvalue weighted by atomic mass is 16.5. The largest absolute Gasteiger partial charge is 0.486 e. The van der Waals surface area contributed by atoms with Gasteiger partial charge in [0.1, 0.15) is 11.9 Å². The summed E-state index contributed by atoms with van der Waals surface area (Å²) in [4.78, 5) is 4.51. The van der Waals surface area contributed by atoms with Gasteiger partial charge in [-0.25, -0.2) is 0 Å². The summed E-state index contributed by atoms with van der Waals surface area (Å²) in [7, 11) is 1.90. The van der Waals surface area contributed by atoms with Gasteiger partial charge in [-0.2, -0.15) is 0 Å². The minimum absolute atomic E-state index is 0.0948. The number of hydrogen-bond acceptors (Lipinski definition) is 4. The van der Waals surface area contributed by atoms with Crippen molar-refractivity contribution in [1.82, 2.24) is 10.3 Å². The lowest BCUT2D eigenvalue weighted by Gasteiger charge is -2.23. The van der Waals surface area contributed by atoms with Crippen LogP contribution in [0.4, 0.5) is 0 Å². The third-order valence-corrected chi connectivity index (χ3v) is 3.61. The highest BCUT2D eigenvalue weighted by molar-refractivity contribution is 5.29. The topological polar surface area (TPSA) is 54.4 Å². The second kappa shape index (κ2) is 6.87. The van der Waals surface area contributed by atoms with E-state index in [-0.39, 0.29) is 12.2 Å². The monoisotopic (exact) mass is 264 g/mol. The summed E-state index contributed by atoms with van der Waals surface area (Å²) in [6, 6.07) is 3.92. The van der Waals surface area contributed by atoms with Crippen molar-refractivity contribution in [3.8, 4) is 5.75 Å². The molecule has 0 aromatic carbocycles. The Morgan fingerprint density at radius 1 is 1.32 bits per heavy atom. The summed E-state index contributed by atoms with van der Waals surface area (Å²) in [5.74, 6) is 0.797. The molecule has 1 aliphatic carbocycles. The maximum Gasteiger partial charge on any atom is 0.142 e. The Kier molecular flexibility index (Phi) is 5.16. The second-order valence-corrected chi connectivity index (χ2v) is 5.29. The van der Waals surface area contributed by atoms with Crippen LogP contribution in [0.2, 0.25) is 0 Å². The zero-order chi connectivity index (χ0) is 13.7. The van der Waals surface area contributed by atoms with E-state index in [1.807, 2.05) is 26.1 Å². The molecule has 0 spiro atoms. The van der Waals surface area contributed by atoms with E-state index in [2.05, 4.69) is 10.3 Å². The molecule has 1 aromatic heterocycles. The highest BCUT2D eigenvalue weighted by Gasteiger charge is 2.24. The number of pyridine rings is 1. The van der Waals surface area contributed by atoms with E-state index < -0.39 is 0 Å². The highest BCUT2D eigenvalue weighted by Crippen LogP contribution is 2.25.